The van der Waals surface area contributed by atoms with E-state index in [2.05, 4.69) is 26.2 Å². The van der Waals surface area contributed by atoms with Gasteiger partial charge >= 0.3 is 0 Å². The molecule has 0 aliphatic heterocycles. The van der Waals surface area contributed by atoms with E-state index in [1.54, 1.807) is 43.5 Å². The van der Waals surface area contributed by atoms with E-state index < -0.39 is 0 Å². The average molecular weight is 389 g/mol. The number of rotatable bonds is 5. The Morgan fingerprint density at radius 1 is 1.12 bits per heavy atom. The largest absolute Gasteiger partial charge is 0.493 e. The van der Waals surface area contributed by atoms with Crippen molar-refractivity contribution in [3.63, 3.8) is 0 Å². The number of pyridine rings is 1. The van der Waals surface area contributed by atoms with Crippen LogP contribution in [0.4, 0.5) is 5.69 Å². The van der Waals surface area contributed by atoms with Crippen molar-refractivity contribution < 1.29 is 18.7 Å². The fourth-order valence-corrected chi connectivity index (χ4v) is 2.27. The summed E-state index contributed by atoms with van der Waals surface area (Å²) >= 11 is 3.15. The Kier molecular flexibility index (Phi) is 4.81. The number of nitrogens with one attached hydrogen (secondary N) is 1. The van der Waals surface area contributed by atoms with Crippen molar-refractivity contribution in [3.8, 4) is 17.4 Å². The highest BCUT2D eigenvalue weighted by atomic mass is 79.9. The van der Waals surface area contributed by atoms with Gasteiger partial charge in [0.05, 0.1) is 19.0 Å². The molecule has 1 amide bonds. The number of nitrogens with zero attached hydrogens (tertiary/aromatic N) is 1. The molecule has 0 bridgehead atoms. The fourth-order valence-electron chi connectivity index (χ4n) is 1.96. The summed E-state index contributed by atoms with van der Waals surface area (Å²) in [6, 6.07) is 13.8. The topological polar surface area (TPSA) is 73.6 Å². The summed E-state index contributed by atoms with van der Waals surface area (Å²) in [5.41, 5.74) is 0.528. The maximum atomic E-state index is 12.0. The molecule has 0 radical (unpaired) electrons. The van der Waals surface area contributed by atoms with Gasteiger partial charge in [-0.15, -0.1) is 0 Å². The van der Waals surface area contributed by atoms with Crippen LogP contribution >= 0.6 is 15.9 Å². The van der Waals surface area contributed by atoms with E-state index in [0.717, 1.165) is 0 Å². The molecule has 0 aliphatic rings. The van der Waals surface area contributed by atoms with Crippen molar-refractivity contribution in [1.82, 2.24) is 4.98 Å². The molecule has 0 atom stereocenters. The molecule has 0 saturated heterocycles. The van der Waals surface area contributed by atoms with E-state index in [9.17, 15) is 4.79 Å². The standard InChI is InChI=1S/C17H13BrN2O4/c1-22-12-4-2-3-5-13(12)24-16-9-6-11(10-19-16)20-17(21)14-7-8-15(18)23-14/h2-10H,1H3,(H,20,21). The highest BCUT2D eigenvalue weighted by Gasteiger charge is 2.11. The van der Waals surface area contributed by atoms with Crippen molar-refractivity contribution in [1.29, 1.82) is 0 Å². The van der Waals surface area contributed by atoms with Crippen molar-refractivity contribution >= 4 is 27.5 Å². The maximum Gasteiger partial charge on any atom is 0.291 e. The van der Waals surface area contributed by atoms with Gasteiger partial charge < -0.3 is 19.2 Å². The highest BCUT2D eigenvalue weighted by Crippen LogP contribution is 2.30. The summed E-state index contributed by atoms with van der Waals surface area (Å²) in [5, 5.41) is 2.69. The third-order valence-corrected chi connectivity index (χ3v) is 3.50. The number of para-hydroxylation sites is 2. The Bertz CT molecular complexity index is 846. The Morgan fingerprint density at radius 2 is 1.92 bits per heavy atom. The number of halogens is 1. The Balaban J connectivity index is 1.68. The Morgan fingerprint density at radius 3 is 2.54 bits per heavy atom. The van der Waals surface area contributed by atoms with Gasteiger partial charge in [0.25, 0.3) is 5.91 Å². The van der Waals surface area contributed by atoms with Gasteiger partial charge in [0.2, 0.25) is 5.88 Å². The minimum atomic E-state index is -0.360. The minimum absolute atomic E-state index is 0.205. The summed E-state index contributed by atoms with van der Waals surface area (Å²) in [5.74, 6) is 1.40. The molecular formula is C17H13BrN2O4. The van der Waals surface area contributed by atoms with Crippen molar-refractivity contribution in [3.05, 3.63) is 65.2 Å². The number of aromatic nitrogens is 1. The number of furan rings is 1. The van der Waals surface area contributed by atoms with Crippen LogP contribution in [-0.2, 0) is 0 Å². The van der Waals surface area contributed by atoms with Crippen LogP contribution in [0.1, 0.15) is 10.6 Å². The van der Waals surface area contributed by atoms with E-state index >= 15 is 0 Å². The molecule has 24 heavy (non-hydrogen) atoms. The second-order valence-electron chi connectivity index (χ2n) is 4.70. The van der Waals surface area contributed by atoms with Gasteiger partial charge in [-0.05, 0) is 46.3 Å². The first-order valence-electron chi connectivity index (χ1n) is 6.99. The number of carbonyl (C=O) groups excluding carboxylic acids is 1. The van der Waals surface area contributed by atoms with Crippen molar-refractivity contribution in [2.45, 2.75) is 0 Å². The van der Waals surface area contributed by atoms with Gasteiger partial charge in [0.15, 0.2) is 21.9 Å². The van der Waals surface area contributed by atoms with Crippen LogP contribution in [-0.4, -0.2) is 18.0 Å². The minimum Gasteiger partial charge on any atom is -0.493 e. The molecule has 122 valence electrons. The van der Waals surface area contributed by atoms with Gasteiger partial charge in [-0.1, -0.05) is 12.1 Å². The van der Waals surface area contributed by atoms with Crippen LogP contribution < -0.4 is 14.8 Å². The number of carbonyl (C=O) groups is 1. The zero-order valence-electron chi connectivity index (χ0n) is 12.7. The Labute approximate surface area is 146 Å². The zero-order chi connectivity index (χ0) is 16.9. The summed E-state index contributed by atoms with van der Waals surface area (Å²) in [6.07, 6.45) is 1.50. The number of anilines is 1. The van der Waals surface area contributed by atoms with Gasteiger partial charge in [0.1, 0.15) is 0 Å². The molecule has 0 saturated carbocycles. The molecule has 1 aromatic carbocycles. The number of hydrogen-bond acceptors (Lipinski definition) is 5. The molecule has 0 fully saturated rings. The second kappa shape index (κ2) is 7.18. The van der Waals surface area contributed by atoms with Crippen molar-refractivity contribution in [2.24, 2.45) is 0 Å². The SMILES string of the molecule is COc1ccccc1Oc1ccc(NC(=O)c2ccc(Br)o2)cn1. The van der Waals surface area contributed by atoms with Crippen LogP contribution in [0.25, 0.3) is 0 Å². The zero-order valence-corrected chi connectivity index (χ0v) is 14.2. The van der Waals surface area contributed by atoms with Gasteiger partial charge in [-0.2, -0.15) is 0 Å². The quantitative estimate of drug-likeness (QED) is 0.696. The van der Waals surface area contributed by atoms with Crippen LogP contribution in [0.2, 0.25) is 0 Å². The molecule has 2 heterocycles. The fraction of sp³-hybridized carbons (Fsp3) is 0.0588. The molecular weight excluding hydrogens is 376 g/mol. The summed E-state index contributed by atoms with van der Waals surface area (Å²) in [7, 11) is 1.57. The number of ether oxygens (including phenoxy) is 2. The van der Waals surface area contributed by atoms with E-state index in [1.165, 1.54) is 6.20 Å². The van der Waals surface area contributed by atoms with Crippen molar-refractivity contribution in [2.75, 3.05) is 12.4 Å². The third-order valence-electron chi connectivity index (χ3n) is 3.07. The first kappa shape index (κ1) is 16.1. The van der Waals surface area contributed by atoms with E-state index in [1.807, 2.05) is 12.1 Å². The third kappa shape index (κ3) is 3.75. The van der Waals surface area contributed by atoms with Crippen LogP contribution in [0, 0.1) is 0 Å². The van der Waals surface area contributed by atoms with Crippen LogP contribution in [0.15, 0.2) is 63.8 Å². The molecule has 3 rings (SSSR count). The van der Waals surface area contributed by atoms with Gasteiger partial charge in [-0.25, -0.2) is 4.98 Å². The number of hydrogen-bond donors (Lipinski definition) is 1. The van der Waals surface area contributed by atoms with Crippen LogP contribution in [0.3, 0.4) is 0 Å². The molecule has 7 heteroatoms. The number of benzene rings is 1. The first-order valence-corrected chi connectivity index (χ1v) is 7.78. The lowest BCUT2D eigenvalue weighted by Crippen LogP contribution is -2.10. The monoisotopic (exact) mass is 388 g/mol. The number of methoxy groups -OCH3 is 1. The molecule has 6 nitrogen and oxygen atoms in total. The lowest BCUT2D eigenvalue weighted by atomic mass is 10.3. The van der Waals surface area contributed by atoms with Crippen LogP contribution in [0.5, 0.6) is 17.4 Å². The molecule has 2 aromatic heterocycles. The lowest BCUT2D eigenvalue weighted by Gasteiger charge is -2.09. The molecule has 0 aliphatic carbocycles. The average Bonchev–Trinajstić information content (AvgIpc) is 3.04. The number of amides is 1. The predicted octanol–water partition coefficient (Wildman–Crippen LogP) is 4.49. The van der Waals surface area contributed by atoms with E-state index in [4.69, 9.17) is 13.9 Å². The first-order chi connectivity index (χ1) is 11.7. The molecule has 1 N–H and O–H groups in total. The summed E-state index contributed by atoms with van der Waals surface area (Å²) < 4.78 is 16.6. The van der Waals surface area contributed by atoms with Gasteiger partial charge in [-0.3, -0.25) is 4.79 Å². The summed E-state index contributed by atoms with van der Waals surface area (Å²) in [4.78, 5) is 16.2. The second-order valence-corrected chi connectivity index (χ2v) is 5.48. The molecule has 0 unspecified atom stereocenters. The van der Waals surface area contributed by atoms with E-state index in [-0.39, 0.29) is 11.7 Å². The highest BCUT2D eigenvalue weighted by molar-refractivity contribution is 9.10. The maximum absolute atomic E-state index is 12.0. The predicted molar refractivity (Wildman–Crippen MR) is 91.7 cm³/mol. The summed E-state index contributed by atoms with van der Waals surface area (Å²) in [6.45, 7) is 0. The van der Waals surface area contributed by atoms with E-state index in [0.29, 0.717) is 27.7 Å². The Hall–Kier alpha value is -2.80. The molecule has 3 aromatic rings. The van der Waals surface area contributed by atoms with Gasteiger partial charge in [0, 0.05) is 6.07 Å². The molecule has 0 spiro atoms. The smallest absolute Gasteiger partial charge is 0.291 e. The normalized spacial score (nSPS) is 10.2. The lowest BCUT2D eigenvalue weighted by molar-refractivity contribution is 0.0995.